The van der Waals surface area contributed by atoms with E-state index in [-0.39, 0.29) is 12.6 Å². The van der Waals surface area contributed by atoms with E-state index >= 15 is 0 Å². The first kappa shape index (κ1) is 14.1. The highest BCUT2D eigenvalue weighted by Crippen LogP contribution is 2.35. The predicted molar refractivity (Wildman–Crippen MR) is 79.2 cm³/mol. The Morgan fingerprint density at radius 1 is 1.10 bits per heavy atom. The van der Waals surface area contributed by atoms with Crippen molar-refractivity contribution in [2.24, 2.45) is 5.92 Å². The Balaban J connectivity index is 1.62. The van der Waals surface area contributed by atoms with Gasteiger partial charge in [-0.3, -0.25) is 0 Å². The summed E-state index contributed by atoms with van der Waals surface area (Å²) in [7, 11) is 0. The topological polar surface area (TPSA) is 30.5 Å². The first-order chi connectivity index (χ1) is 9.74. The van der Waals surface area contributed by atoms with Crippen molar-refractivity contribution >= 4 is 0 Å². The molecule has 0 radical (unpaired) electrons. The number of hydrogen-bond acceptors (Lipinski definition) is 3. The first-order valence-electron chi connectivity index (χ1n) is 7.86. The molecule has 1 N–H and O–H groups in total. The average molecular weight is 275 g/mol. The summed E-state index contributed by atoms with van der Waals surface area (Å²) in [6.45, 7) is 4.21. The molecule has 1 aliphatic heterocycles. The van der Waals surface area contributed by atoms with Crippen molar-refractivity contribution in [1.29, 1.82) is 0 Å². The van der Waals surface area contributed by atoms with Gasteiger partial charge < -0.3 is 14.8 Å². The van der Waals surface area contributed by atoms with Gasteiger partial charge in [0.2, 0.25) is 0 Å². The quantitative estimate of drug-likeness (QED) is 0.910. The van der Waals surface area contributed by atoms with Crippen LogP contribution in [0.25, 0.3) is 0 Å². The Morgan fingerprint density at radius 3 is 2.50 bits per heavy atom. The highest BCUT2D eigenvalue weighted by molar-refractivity contribution is 5.18. The van der Waals surface area contributed by atoms with Crippen LogP contribution < -0.4 is 5.32 Å². The average Bonchev–Trinajstić information content (AvgIpc) is 2.46. The maximum Gasteiger partial charge on any atom is 0.168 e. The molecule has 3 atom stereocenters. The van der Waals surface area contributed by atoms with Crippen LogP contribution in [0, 0.1) is 5.92 Å². The summed E-state index contributed by atoms with van der Waals surface area (Å²) in [5.74, 6) is 0.492. The molecule has 1 heterocycles. The summed E-state index contributed by atoms with van der Waals surface area (Å²) in [4.78, 5) is 0. The molecule has 2 fully saturated rings. The lowest BCUT2D eigenvalue weighted by atomic mass is 9.83. The lowest BCUT2D eigenvalue weighted by Crippen LogP contribution is -2.52. The lowest BCUT2D eigenvalue weighted by molar-refractivity contribution is -0.396. The molecular weight excluding hydrogens is 250 g/mol. The van der Waals surface area contributed by atoms with Crippen molar-refractivity contribution in [1.82, 2.24) is 5.32 Å². The van der Waals surface area contributed by atoms with Gasteiger partial charge in [-0.05, 0) is 32.3 Å². The minimum Gasteiger partial charge on any atom is -0.324 e. The third-order valence-corrected chi connectivity index (χ3v) is 4.58. The second kappa shape index (κ2) is 6.25. The molecule has 0 spiro atoms. The zero-order valence-corrected chi connectivity index (χ0v) is 12.4. The van der Waals surface area contributed by atoms with E-state index < -0.39 is 0 Å². The maximum atomic E-state index is 5.73. The third-order valence-electron chi connectivity index (χ3n) is 4.58. The molecule has 3 rings (SSSR count). The normalized spacial score (nSPS) is 35.3. The number of benzene rings is 1. The van der Waals surface area contributed by atoms with Crippen LogP contribution in [-0.4, -0.2) is 18.6 Å². The van der Waals surface area contributed by atoms with Crippen LogP contribution in [0.1, 0.15) is 51.1 Å². The summed E-state index contributed by atoms with van der Waals surface area (Å²) in [6, 6.07) is 11.5. The fourth-order valence-electron chi connectivity index (χ4n) is 3.44. The fraction of sp³-hybridized carbons (Fsp3) is 0.647. The SMILES string of the molecule is CC1OC([C@H]2CCCC[C@H]2N[C@H](C)c2ccccc2)O1. The molecule has 0 bridgehead atoms. The molecule has 1 saturated carbocycles. The summed E-state index contributed by atoms with van der Waals surface area (Å²) in [6.07, 6.45) is 5.01. The highest BCUT2D eigenvalue weighted by atomic mass is 16.9. The van der Waals surface area contributed by atoms with E-state index in [0.717, 1.165) is 0 Å². The van der Waals surface area contributed by atoms with Gasteiger partial charge in [-0.25, -0.2) is 0 Å². The van der Waals surface area contributed by atoms with Crippen LogP contribution in [0.3, 0.4) is 0 Å². The van der Waals surface area contributed by atoms with Crippen LogP contribution in [0.5, 0.6) is 0 Å². The van der Waals surface area contributed by atoms with E-state index in [1.54, 1.807) is 0 Å². The van der Waals surface area contributed by atoms with Crippen molar-refractivity contribution in [3.05, 3.63) is 35.9 Å². The smallest absolute Gasteiger partial charge is 0.168 e. The van der Waals surface area contributed by atoms with Crippen molar-refractivity contribution in [3.63, 3.8) is 0 Å². The first-order valence-corrected chi connectivity index (χ1v) is 7.86. The Bertz CT molecular complexity index is 416. The summed E-state index contributed by atoms with van der Waals surface area (Å²) in [5.41, 5.74) is 1.35. The molecule has 0 aromatic heterocycles. The molecule has 1 aromatic carbocycles. The monoisotopic (exact) mass is 275 g/mol. The highest BCUT2D eigenvalue weighted by Gasteiger charge is 2.40. The van der Waals surface area contributed by atoms with Gasteiger partial charge in [-0.2, -0.15) is 0 Å². The molecule has 2 aliphatic rings. The van der Waals surface area contributed by atoms with Crippen molar-refractivity contribution in [2.75, 3.05) is 0 Å². The number of rotatable bonds is 4. The van der Waals surface area contributed by atoms with Gasteiger partial charge in [-0.15, -0.1) is 0 Å². The largest absolute Gasteiger partial charge is 0.324 e. The molecule has 1 aliphatic carbocycles. The van der Waals surface area contributed by atoms with Crippen molar-refractivity contribution in [3.8, 4) is 0 Å². The van der Waals surface area contributed by atoms with Crippen LogP contribution in [0.15, 0.2) is 30.3 Å². The van der Waals surface area contributed by atoms with Gasteiger partial charge in [0.15, 0.2) is 12.6 Å². The zero-order chi connectivity index (χ0) is 13.9. The zero-order valence-electron chi connectivity index (χ0n) is 12.4. The van der Waals surface area contributed by atoms with Gasteiger partial charge in [0, 0.05) is 18.0 Å². The van der Waals surface area contributed by atoms with E-state index in [4.69, 9.17) is 9.47 Å². The van der Waals surface area contributed by atoms with Gasteiger partial charge >= 0.3 is 0 Å². The van der Waals surface area contributed by atoms with Gasteiger partial charge in [0.05, 0.1) is 0 Å². The molecule has 3 heteroatoms. The number of ether oxygens (including phenoxy) is 2. The van der Waals surface area contributed by atoms with Crippen molar-refractivity contribution < 1.29 is 9.47 Å². The van der Waals surface area contributed by atoms with E-state index in [0.29, 0.717) is 18.0 Å². The van der Waals surface area contributed by atoms with Crippen LogP contribution in [0.4, 0.5) is 0 Å². The van der Waals surface area contributed by atoms with Crippen molar-refractivity contribution in [2.45, 2.75) is 64.2 Å². The molecule has 1 aromatic rings. The predicted octanol–water partition coefficient (Wildman–Crippen LogP) is 3.61. The van der Waals surface area contributed by atoms with Gasteiger partial charge in [0.25, 0.3) is 0 Å². The Morgan fingerprint density at radius 2 is 1.80 bits per heavy atom. The minimum atomic E-state index is -0.0193. The summed E-state index contributed by atoms with van der Waals surface area (Å²) < 4.78 is 11.5. The number of hydrogen-bond donors (Lipinski definition) is 1. The minimum absolute atomic E-state index is 0.00535. The van der Waals surface area contributed by atoms with E-state index in [2.05, 4.69) is 42.6 Å². The Labute approximate surface area is 121 Å². The second-order valence-corrected chi connectivity index (χ2v) is 6.06. The fourth-order valence-corrected chi connectivity index (χ4v) is 3.44. The third kappa shape index (κ3) is 3.05. The number of nitrogens with one attached hydrogen (secondary N) is 1. The molecule has 1 saturated heterocycles. The Kier molecular flexibility index (Phi) is 4.39. The van der Waals surface area contributed by atoms with E-state index in [9.17, 15) is 0 Å². The second-order valence-electron chi connectivity index (χ2n) is 6.06. The van der Waals surface area contributed by atoms with Gasteiger partial charge in [-0.1, -0.05) is 43.2 Å². The van der Waals surface area contributed by atoms with Crippen LogP contribution in [-0.2, 0) is 9.47 Å². The maximum absolute atomic E-state index is 5.73. The van der Waals surface area contributed by atoms with Crippen LogP contribution in [0.2, 0.25) is 0 Å². The molecular formula is C17H25NO2. The Hall–Kier alpha value is -0.900. The molecule has 110 valence electrons. The van der Waals surface area contributed by atoms with E-state index in [1.807, 2.05) is 6.92 Å². The van der Waals surface area contributed by atoms with Crippen LogP contribution >= 0.6 is 0 Å². The molecule has 0 unspecified atom stereocenters. The molecule has 3 nitrogen and oxygen atoms in total. The molecule has 20 heavy (non-hydrogen) atoms. The standard InChI is InChI=1S/C17H25NO2/c1-12(14-8-4-3-5-9-14)18-16-11-7-6-10-15(16)17-19-13(2)20-17/h3-5,8-9,12-13,15-18H,6-7,10-11H2,1-2H3/t12-,13?,15+,16-,17?/m1/s1. The molecule has 0 amide bonds. The van der Waals surface area contributed by atoms with E-state index in [1.165, 1.54) is 31.2 Å². The van der Waals surface area contributed by atoms with Gasteiger partial charge in [0.1, 0.15) is 0 Å². The summed E-state index contributed by atoms with van der Waals surface area (Å²) >= 11 is 0. The summed E-state index contributed by atoms with van der Waals surface area (Å²) in [5, 5.41) is 3.79. The lowest BCUT2D eigenvalue weighted by Gasteiger charge is -2.44.